The van der Waals surface area contributed by atoms with Gasteiger partial charge in [-0.25, -0.2) is 4.39 Å². The predicted octanol–water partition coefficient (Wildman–Crippen LogP) is 5.06. The van der Waals surface area contributed by atoms with E-state index in [4.69, 9.17) is 0 Å². The molecule has 0 bridgehead atoms. The Morgan fingerprint density at radius 3 is 2.28 bits per heavy atom. The number of hydrogen-bond acceptors (Lipinski definition) is 3. The average molecular weight is 451 g/mol. The van der Waals surface area contributed by atoms with Crippen molar-refractivity contribution in [1.82, 2.24) is 9.80 Å². The van der Waals surface area contributed by atoms with Gasteiger partial charge in [0.1, 0.15) is 12.4 Å². The first-order valence-electron chi connectivity index (χ1n) is 10.5. The van der Waals surface area contributed by atoms with Crippen LogP contribution in [-0.4, -0.2) is 34.7 Å². The zero-order valence-corrected chi connectivity index (χ0v) is 18.8. The van der Waals surface area contributed by atoms with Crippen molar-refractivity contribution in [1.29, 1.82) is 0 Å². The Labute approximate surface area is 192 Å². The van der Waals surface area contributed by atoms with Crippen molar-refractivity contribution >= 4 is 23.2 Å². The molecule has 1 aromatic heterocycles. The molecule has 0 spiro atoms. The van der Waals surface area contributed by atoms with Crippen LogP contribution in [0.25, 0.3) is 0 Å². The fourth-order valence-corrected chi connectivity index (χ4v) is 4.08. The summed E-state index contributed by atoms with van der Waals surface area (Å²) < 4.78 is 13.3. The first-order valence-corrected chi connectivity index (χ1v) is 11.4. The van der Waals surface area contributed by atoms with Gasteiger partial charge in [0.25, 0.3) is 0 Å². The van der Waals surface area contributed by atoms with Crippen molar-refractivity contribution in [3.63, 3.8) is 0 Å². The van der Waals surface area contributed by atoms with Crippen molar-refractivity contribution in [2.24, 2.45) is 0 Å². The molecule has 6 heteroatoms. The van der Waals surface area contributed by atoms with E-state index in [1.807, 2.05) is 47.8 Å². The lowest BCUT2D eigenvalue weighted by molar-refractivity contribution is -0.140. The Bertz CT molecular complexity index is 1000. The Hall–Kier alpha value is -3.25. The molecule has 0 saturated heterocycles. The summed E-state index contributed by atoms with van der Waals surface area (Å²) in [7, 11) is 0. The molecule has 0 aliphatic carbocycles. The zero-order chi connectivity index (χ0) is 22.8. The quantitative estimate of drug-likeness (QED) is 0.383. The van der Waals surface area contributed by atoms with Crippen LogP contribution in [0, 0.1) is 5.82 Å². The summed E-state index contributed by atoms with van der Waals surface area (Å²) in [5.41, 5.74) is 1.92. The topological polar surface area (TPSA) is 40.6 Å². The lowest BCUT2D eigenvalue weighted by atomic mass is 10.1. The third-order valence-corrected chi connectivity index (χ3v) is 5.93. The summed E-state index contributed by atoms with van der Waals surface area (Å²) in [5, 5.41) is 1.97. The number of carbonyl (C=O) groups is 2. The van der Waals surface area contributed by atoms with Gasteiger partial charge in [-0.15, -0.1) is 17.9 Å². The molecule has 4 nitrogen and oxygen atoms in total. The van der Waals surface area contributed by atoms with Crippen LogP contribution in [0.15, 0.2) is 84.8 Å². The summed E-state index contributed by atoms with van der Waals surface area (Å²) in [5.74, 6) is -0.552. The second kappa shape index (κ2) is 12.0. The van der Waals surface area contributed by atoms with Gasteiger partial charge in [0, 0.05) is 24.4 Å². The van der Waals surface area contributed by atoms with Crippen LogP contribution in [0.3, 0.4) is 0 Å². The van der Waals surface area contributed by atoms with Crippen LogP contribution < -0.4 is 0 Å². The van der Waals surface area contributed by atoms with Crippen molar-refractivity contribution < 1.29 is 14.0 Å². The highest BCUT2D eigenvalue weighted by Gasteiger charge is 2.21. The standard InChI is InChI=1S/C26H27FN2O2S/c1-2-16-28(25(30)15-12-21-7-4-3-5-8-21)20-26(31)29(19-24-9-6-17-32-24)18-22-10-13-23(27)14-11-22/h2-11,13-14,17H,1,12,15-16,18-20H2. The highest BCUT2D eigenvalue weighted by atomic mass is 32.1. The molecule has 32 heavy (non-hydrogen) atoms. The molecule has 0 fully saturated rings. The van der Waals surface area contributed by atoms with E-state index in [1.54, 1.807) is 39.3 Å². The van der Waals surface area contributed by atoms with E-state index >= 15 is 0 Å². The maximum Gasteiger partial charge on any atom is 0.242 e. The molecule has 0 aliphatic rings. The maximum absolute atomic E-state index is 13.3. The lowest BCUT2D eigenvalue weighted by Crippen LogP contribution is -2.42. The number of carbonyl (C=O) groups excluding carboxylic acids is 2. The molecule has 0 atom stereocenters. The molecular weight excluding hydrogens is 423 g/mol. The number of amides is 2. The van der Waals surface area contributed by atoms with E-state index in [0.29, 0.717) is 32.5 Å². The van der Waals surface area contributed by atoms with Gasteiger partial charge in [-0.1, -0.05) is 54.6 Å². The van der Waals surface area contributed by atoms with Crippen LogP contribution in [0.2, 0.25) is 0 Å². The Balaban J connectivity index is 1.68. The predicted molar refractivity (Wildman–Crippen MR) is 127 cm³/mol. The monoisotopic (exact) mass is 450 g/mol. The van der Waals surface area contributed by atoms with Crippen molar-refractivity contribution in [2.45, 2.75) is 25.9 Å². The van der Waals surface area contributed by atoms with E-state index in [0.717, 1.165) is 16.0 Å². The van der Waals surface area contributed by atoms with Crippen LogP contribution in [-0.2, 0) is 29.1 Å². The average Bonchev–Trinajstić information content (AvgIpc) is 3.32. The number of nitrogens with zero attached hydrogens (tertiary/aromatic N) is 2. The molecule has 0 radical (unpaired) electrons. The summed E-state index contributed by atoms with van der Waals surface area (Å²) in [6.07, 6.45) is 2.58. The van der Waals surface area contributed by atoms with Gasteiger partial charge < -0.3 is 9.80 Å². The third-order valence-electron chi connectivity index (χ3n) is 5.06. The number of rotatable bonds is 11. The molecule has 3 rings (SSSR count). The zero-order valence-electron chi connectivity index (χ0n) is 18.0. The van der Waals surface area contributed by atoms with Crippen LogP contribution in [0.5, 0.6) is 0 Å². The first-order chi connectivity index (χ1) is 15.5. The highest BCUT2D eigenvalue weighted by Crippen LogP contribution is 2.16. The minimum absolute atomic E-state index is 0.0216. The third kappa shape index (κ3) is 7.17. The summed E-state index contributed by atoms with van der Waals surface area (Å²) in [6, 6.07) is 19.9. The molecule has 1 heterocycles. The second-order valence-electron chi connectivity index (χ2n) is 7.50. The molecule has 0 aliphatic heterocycles. The van der Waals surface area contributed by atoms with Crippen LogP contribution in [0.4, 0.5) is 4.39 Å². The van der Waals surface area contributed by atoms with Gasteiger partial charge in [0.05, 0.1) is 6.54 Å². The number of thiophene rings is 1. The Kier molecular flexibility index (Phi) is 8.75. The van der Waals surface area contributed by atoms with E-state index in [2.05, 4.69) is 6.58 Å². The molecular formula is C26H27FN2O2S. The number of hydrogen-bond donors (Lipinski definition) is 0. The lowest BCUT2D eigenvalue weighted by Gasteiger charge is -2.27. The smallest absolute Gasteiger partial charge is 0.242 e. The van der Waals surface area contributed by atoms with Gasteiger partial charge in [-0.3, -0.25) is 9.59 Å². The van der Waals surface area contributed by atoms with Crippen LogP contribution in [0.1, 0.15) is 22.4 Å². The molecule has 0 unspecified atom stereocenters. The van der Waals surface area contributed by atoms with Crippen molar-refractivity contribution in [2.75, 3.05) is 13.1 Å². The normalized spacial score (nSPS) is 10.5. The molecule has 3 aromatic rings. The number of aryl methyl sites for hydroxylation is 1. The van der Waals surface area contributed by atoms with E-state index in [1.165, 1.54) is 12.1 Å². The van der Waals surface area contributed by atoms with Crippen molar-refractivity contribution in [3.8, 4) is 0 Å². The van der Waals surface area contributed by atoms with Gasteiger partial charge in [-0.2, -0.15) is 0 Å². The van der Waals surface area contributed by atoms with Crippen LogP contribution >= 0.6 is 11.3 Å². The van der Waals surface area contributed by atoms with Crippen molar-refractivity contribution in [3.05, 3.63) is 107 Å². The van der Waals surface area contributed by atoms with Gasteiger partial charge >= 0.3 is 0 Å². The summed E-state index contributed by atoms with van der Waals surface area (Å²) >= 11 is 1.57. The minimum Gasteiger partial charge on any atom is -0.332 e. The first kappa shape index (κ1) is 23.4. The minimum atomic E-state index is -0.314. The second-order valence-corrected chi connectivity index (χ2v) is 8.54. The summed E-state index contributed by atoms with van der Waals surface area (Å²) in [4.78, 5) is 30.4. The fraction of sp³-hybridized carbons (Fsp3) is 0.231. The molecule has 0 saturated carbocycles. The summed E-state index contributed by atoms with van der Waals surface area (Å²) in [6.45, 7) is 4.81. The molecule has 2 aromatic carbocycles. The number of halogens is 1. The fourth-order valence-electron chi connectivity index (χ4n) is 3.36. The SMILES string of the molecule is C=CCN(CC(=O)N(Cc1ccc(F)cc1)Cc1cccs1)C(=O)CCc1ccccc1. The molecule has 2 amide bonds. The maximum atomic E-state index is 13.3. The van der Waals surface area contributed by atoms with Gasteiger partial charge in [0.2, 0.25) is 11.8 Å². The van der Waals surface area contributed by atoms with E-state index < -0.39 is 0 Å². The Morgan fingerprint density at radius 1 is 0.875 bits per heavy atom. The number of benzene rings is 2. The Morgan fingerprint density at radius 2 is 1.62 bits per heavy atom. The molecule has 0 N–H and O–H groups in total. The van der Waals surface area contributed by atoms with E-state index in [-0.39, 0.29) is 24.2 Å². The van der Waals surface area contributed by atoms with E-state index in [9.17, 15) is 14.0 Å². The van der Waals surface area contributed by atoms with Gasteiger partial charge in [0.15, 0.2) is 0 Å². The van der Waals surface area contributed by atoms with Gasteiger partial charge in [-0.05, 0) is 41.1 Å². The highest BCUT2D eigenvalue weighted by molar-refractivity contribution is 7.09. The molecule has 166 valence electrons. The largest absolute Gasteiger partial charge is 0.332 e.